The zero-order chi connectivity index (χ0) is 23.6. The maximum absolute atomic E-state index is 14.1. The van der Waals surface area contributed by atoms with E-state index < -0.39 is 21.5 Å². The zero-order valence-corrected chi connectivity index (χ0v) is 19.8. The van der Waals surface area contributed by atoms with Crippen LogP contribution in [0.5, 0.6) is 0 Å². The molecule has 0 aliphatic carbocycles. The Kier molecular flexibility index (Phi) is 7.66. The van der Waals surface area contributed by atoms with Crippen LogP contribution in [0.25, 0.3) is 0 Å². The lowest BCUT2D eigenvalue weighted by molar-refractivity contribution is -0.118. The maximum Gasteiger partial charge on any atom is 0.239 e. The van der Waals surface area contributed by atoms with E-state index in [9.17, 15) is 22.7 Å². The Balaban J connectivity index is 2.20. The molecular formula is C24H32FNO4S. The number of sulfonamides is 1. The number of hydrogen-bond acceptors (Lipinski definition) is 4. The van der Waals surface area contributed by atoms with Crippen LogP contribution in [0, 0.1) is 5.82 Å². The van der Waals surface area contributed by atoms with Crippen molar-refractivity contribution >= 4 is 15.9 Å². The SMILES string of the molecule is CC(C)c1cc(F)cc(C(C)C)c1CC(=O)NS(=O)(=O)Cc1ccc(C(C)(C)O)cc1. The Morgan fingerprint density at radius 1 is 1.03 bits per heavy atom. The first-order valence-electron chi connectivity index (χ1n) is 10.4. The van der Waals surface area contributed by atoms with Crippen molar-refractivity contribution in [2.45, 2.75) is 71.2 Å². The first-order chi connectivity index (χ1) is 14.2. The molecular weight excluding hydrogens is 417 g/mol. The Morgan fingerprint density at radius 2 is 1.52 bits per heavy atom. The summed E-state index contributed by atoms with van der Waals surface area (Å²) in [7, 11) is -3.91. The molecule has 0 bridgehead atoms. The fourth-order valence-electron chi connectivity index (χ4n) is 3.55. The Labute approximate surface area is 184 Å². The number of nitrogens with one attached hydrogen (secondary N) is 1. The second-order valence-corrected chi connectivity index (χ2v) is 10.8. The van der Waals surface area contributed by atoms with Crippen molar-refractivity contribution in [3.05, 3.63) is 70.0 Å². The van der Waals surface area contributed by atoms with E-state index in [2.05, 4.69) is 4.72 Å². The molecule has 1 amide bonds. The van der Waals surface area contributed by atoms with Gasteiger partial charge in [-0.15, -0.1) is 0 Å². The summed E-state index contributed by atoms with van der Waals surface area (Å²) in [5, 5.41) is 10.0. The van der Waals surface area contributed by atoms with Crippen LogP contribution in [0.1, 0.15) is 81.2 Å². The van der Waals surface area contributed by atoms with Gasteiger partial charge in [-0.3, -0.25) is 9.52 Å². The molecule has 2 aromatic carbocycles. The van der Waals surface area contributed by atoms with Crippen LogP contribution in [0.3, 0.4) is 0 Å². The predicted molar refractivity (Wildman–Crippen MR) is 121 cm³/mol. The number of halogens is 1. The van der Waals surface area contributed by atoms with Crippen LogP contribution < -0.4 is 4.72 Å². The summed E-state index contributed by atoms with van der Waals surface area (Å²) in [4.78, 5) is 12.6. The molecule has 7 heteroatoms. The molecule has 170 valence electrons. The fraction of sp³-hybridized carbons (Fsp3) is 0.458. The summed E-state index contributed by atoms with van der Waals surface area (Å²) < 4.78 is 41.3. The van der Waals surface area contributed by atoms with E-state index in [1.54, 1.807) is 38.1 Å². The van der Waals surface area contributed by atoms with Crippen molar-refractivity contribution in [1.82, 2.24) is 4.72 Å². The largest absolute Gasteiger partial charge is 0.386 e. The van der Waals surface area contributed by atoms with Gasteiger partial charge in [-0.2, -0.15) is 0 Å². The third kappa shape index (κ3) is 6.87. The van der Waals surface area contributed by atoms with Gasteiger partial charge in [0, 0.05) is 0 Å². The van der Waals surface area contributed by atoms with Gasteiger partial charge in [-0.1, -0.05) is 52.0 Å². The standard InChI is InChI=1S/C24H32FNO4S/c1-15(2)20-11-19(25)12-21(16(3)4)22(20)13-23(27)26-31(29,30)14-17-7-9-18(10-8-17)24(5,6)28/h7-12,15-16,28H,13-14H2,1-6H3,(H,26,27). The van der Waals surface area contributed by atoms with E-state index in [4.69, 9.17) is 0 Å². The summed E-state index contributed by atoms with van der Waals surface area (Å²) in [6.45, 7) is 10.9. The van der Waals surface area contributed by atoms with Crippen molar-refractivity contribution in [2.24, 2.45) is 0 Å². The van der Waals surface area contributed by atoms with Crippen LogP contribution in [0.2, 0.25) is 0 Å². The molecule has 0 fully saturated rings. The Morgan fingerprint density at radius 3 is 1.94 bits per heavy atom. The second-order valence-electron chi connectivity index (χ2n) is 9.09. The summed E-state index contributed by atoms with van der Waals surface area (Å²) in [5.41, 5.74) is 2.23. The van der Waals surface area contributed by atoms with Crippen molar-refractivity contribution in [3.63, 3.8) is 0 Å². The molecule has 0 unspecified atom stereocenters. The van der Waals surface area contributed by atoms with Gasteiger partial charge in [0.05, 0.1) is 17.8 Å². The molecule has 5 nitrogen and oxygen atoms in total. The molecule has 0 heterocycles. The third-order valence-corrected chi connectivity index (χ3v) is 6.40. The highest BCUT2D eigenvalue weighted by Crippen LogP contribution is 2.29. The van der Waals surface area contributed by atoms with Crippen molar-refractivity contribution in [1.29, 1.82) is 0 Å². The summed E-state index contributed by atoms with van der Waals surface area (Å²) in [6, 6.07) is 9.38. The Bertz CT molecular complexity index is 1010. The van der Waals surface area contributed by atoms with E-state index >= 15 is 0 Å². The van der Waals surface area contributed by atoms with E-state index in [-0.39, 0.29) is 29.8 Å². The van der Waals surface area contributed by atoms with Crippen molar-refractivity contribution in [3.8, 4) is 0 Å². The minimum Gasteiger partial charge on any atom is -0.386 e. The number of carbonyl (C=O) groups excluding carboxylic acids is 1. The van der Waals surface area contributed by atoms with Crippen LogP contribution >= 0.6 is 0 Å². The molecule has 31 heavy (non-hydrogen) atoms. The van der Waals surface area contributed by atoms with Crippen LogP contribution in [-0.4, -0.2) is 19.4 Å². The first-order valence-corrected chi connectivity index (χ1v) is 12.0. The second kappa shape index (κ2) is 9.49. The summed E-state index contributed by atoms with van der Waals surface area (Å²) >= 11 is 0. The van der Waals surface area contributed by atoms with Crippen LogP contribution in [0.4, 0.5) is 4.39 Å². The first kappa shape index (κ1) is 25.0. The number of rotatable bonds is 8. The van der Waals surface area contributed by atoms with E-state index in [1.165, 1.54) is 12.1 Å². The quantitative estimate of drug-likeness (QED) is 0.622. The lowest BCUT2D eigenvalue weighted by Crippen LogP contribution is -2.33. The molecule has 0 aliphatic heterocycles. The minimum atomic E-state index is -3.91. The highest BCUT2D eigenvalue weighted by atomic mass is 32.2. The van der Waals surface area contributed by atoms with Gasteiger partial charge in [0.25, 0.3) is 0 Å². The zero-order valence-electron chi connectivity index (χ0n) is 19.0. The number of aliphatic hydroxyl groups is 1. The monoisotopic (exact) mass is 449 g/mol. The van der Waals surface area contributed by atoms with Crippen molar-refractivity contribution in [2.75, 3.05) is 0 Å². The highest BCUT2D eigenvalue weighted by molar-refractivity contribution is 7.89. The topological polar surface area (TPSA) is 83.5 Å². The molecule has 2 aromatic rings. The van der Waals surface area contributed by atoms with E-state index in [1.807, 2.05) is 27.7 Å². The van der Waals surface area contributed by atoms with E-state index in [0.29, 0.717) is 27.8 Å². The summed E-state index contributed by atoms with van der Waals surface area (Å²) in [6.07, 6.45) is -0.141. The lowest BCUT2D eigenvalue weighted by Gasteiger charge is -2.20. The molecule has 0 aromatic heterocycles. The third-order valence-electron chi connectivity index (χ3n) is 5.15. The maximum atomic E-state index is 14.1. The lowest BCUT2D eigenvalue weighted by atomic mass is 9.87. The van der Waals surface area contributed by atoms with Gasteiger partial charge < -0.3 is 5.11 Å². The highest BCUT2D eigenvalue weighted by Gasteiger charge is 2.22. The number of amides is 1. The van der Waals surface area contributed by atoms with E-state index in [0.717, 1.165) is 0 Å². The number of benzene rings is 2. The fourth-order valence-corrected chi connectivity index (χ4v) is 4.67. The molecule has 0 saturated heterocycles. The van der Waals surface area contributed by atoms with Gasteiger partial charge in [-0.05, 0) is 65.6 Å². The molecule has 0 spiro atoms. The molecule has 2 N–H and O–H groups in total. The average Bonchev–Trinajstić information content (AvgIpc) is 2.61. The molecule has 0 saturated carbocycles. The van der Waals surface area contributed by atoms with Gasteiger partial charge in [0.2, 0.25) is 15.9 Å². The van der Waals surface area contributed by atoms with Gasteiger partial charge in [0.1, 0.15) is 5.82 Å². The smallest absolute Gasteiger partial charge is 0.239 e. The molecule has 0 atom stereocenters. The molecule has 0 aliphatic rings. The molecule has 2 rings (SSSR count). The molecule has 0 radical (unpaired) electrons. The average molecular weight is 450 g/mol. The Hall–Kier alpha value is -2.25. The number of carbonyl (C=O) groups is 1. The van der Waals surface area contributed by atoms with Gasteiger partial charge in [0.15, 0.2) is 0 Å². The van der Waals surface area contributed by atoms with Gasteiger partial charge in [-0.25, -0.2) is 12.8 Å². The van der Waals surface area contributed by atoms with Gasteiger partial charge >= 0.3 is 0 Å². The normalized spacial score (nSPS) is 12.5. The minimum absolute atomic E-state index is 0.0121. The predicted octanol–water partition coefficient (Wildman–Crippen LogP) is 4.49. The van der Waals surface area contributed by atoms with Crippen LogP contribution in [-0.2, 0) is 32.6 Å². The van der Waals surface area contributed by atoms with Crippen molar-refractivity contribution < 1.29 is 22.7 Å². The summed E-state index contributed by atoms with van der Waals surface area (Å²) in [5.74, 6) is -1.39. The number of hydrogen-bond donors (Lipinski definition) is 2. The van der Waals surface area contributed by atoms with Crippen LogP contribution in [0.15, 0.2) is 36.4 Å².